The Morgan fingerprint density at radius 1 is 1.15 bits per heavy atom. The Labute approximate surface area is 231 Å². The van der Waals surface area contributed by atoms with Crippen molar-refractivity contribution < 1.29 is 36.2 Å². The zero-order valence-electron chi connectivity index (χ0n) is 24.3. The number of aromatic nitrogens is 2. The van der Waals surface area contributed by atoms with Gasteiger partial charge in [0.05, 0.1) is 12.1 Å². The normalized spacial score (nSPS) is 12.9. The molecule has 3 aromatic rings. The van der Waals surface area contributed by atoms with E-state index in [0.717, 1.165) is 32.2 Å². The second-order valence-electron chi connectivity index (χ2n) is 9.00. The summed E-state index contributed by atoms with van der Waals surface area (Å²) in [5, 5.41) is 12.3. The lowest BCUT2D eigenvalue weighted by Gasteiger charge is -2.19. The highest BCUT2D eigenvalue weighted by atomic mass is 19.1. The molecule has 0 aliphatic rings. The van der Waals surface area contributed by atoms with Crippen molar-refractivity contribution in [1.29, 1.82) is 0 Å². The van der Waals surface area contributed by atoms with Crippen molar-refractivity contribution in [2.24, 2.45) is 0 Å². The number of ether oxygens (including phenoxy) is 1. The molecule has 13 heteroatoms. The van der Waals surface area contributed by atoms with E-state index >= 15 is 0 Å². The molecule has 12 nitrogen and oxygen atoms in total. The van der Waals surface area contributed by atoms with E-state index in [1.54, 1.807) is 0 Å². The number of carboxylic acid groups (broad SMARTS) is 1. The Hall–Kier alpha value is -4.94. The number of nitrogens with one attached hydrogen (secondary N) is 1. The third-order valence-electron chi connectivity index (χ3n) is 5.59. The standard InChI is InChI=1S/C27H30FN5O7/c1-30(2)23(34)10-6-5-9-22(40-27(39)31(3)4)24(35)29-20-8-7-13-32(25(20)36)16-19-15-17-14-18(28)11-12-21(17)33(19)26(37)38/h6-8,10-15,22H,5,9,16H2,1-4H3,(H,29,35)(H,37,38)/b10-6+/i9D2. The van der Waals surface area contributed by atoms with E-state index in [9.17, 15) is 33.5 Å². The van der Waals surface area contributed by atoms with E-state index in [1.165, 1.54) is 69.6 Å². The fourth-order valence-corrected chi connectivity index (χ4v) is 3.59. The minimum Gasteiger partial charge on any atom is -0.464 e. The molecule has 3 amide bonds. The zero-order chi connectivity index (χ0) is 31.4. The highest BCUT2D eigenvalue weighted by Gasteiger charge is 2.25. The van der Waals surface area contributed by atoms with Crippen LogP contribution in [0.5, 0.6) is 0 Å². The number of rotatable bonds is 9. The van der Waals surface area contributed by atoms with Crippen molar-refractivity contribution in [3.8, 4) is 0 Å². The Balaban J connectivity index is 1.92. The molecule has 0 aliphatic heterocycles. The Kier molecular flexibility index (Phi) is 8.49. The smallest absolute Gasteiger partial charge is 0.416 e. The molecule has 0 saturated heterocycles. The van der Waals surface area contributed by atoms with Crippen LogP contribution in [0.4, 0.5) is 19.7 Å². The number of fused-ring (bicyclic) bond motifs is 1. The maximum Gasteiger partial charge on any atom is 0.416 e. The fourth-order valence-electron chi connectivity index (χ4n) is 3.59. The van der Waals surface area contributed by atoms with Gasteiger partial charge in [0, 0.05) is 48.2 Å². The predicted octanol–water partition coefficient (Wildman–Crippen LogP) is 2.95. The van der Waals surface area contributed by atoms with Crippen LogP contribution in [-0.2, 0) is 20.9 Å². The second-order valence-corrected chi connectivity index (χ2v) is 9.00. The summed E-state index contributed by atoms with van der Waals surface area (Å²) < 4.78 is 37.7. The number of anilines is 1. The molecule has 0 bridgehead atoms. The highest BCUT2D eigenvalue weighted by Crippen LogP contribution is 2.22. The summed E-state index contributed by atoms with van der Waals surface area (Å²) in [6, 6.07) is 7.64. The number of hydrogen-bond donors (Lipinski definition) is 2. The summed E-state index contributed by atoms with van der Waals surface area (Å²) in [7, 11) is 5.68. The molecule has 0 saturated carbocycles. The average molecular weight is 558 g/mol. The van der Waals surface area contributed by atoms with E-state index in [2.05, 4.69) is 5.32 Å². The van der Waals surface area contributed by atoms with Gasteiger partial charge in [0.1, 0.15) is 11.5 Å². The number of likely N-dealkylation sites (N-methyl/N-ethyl adjacent to an activating group) is 1. The molecule has 2 heterocycles. The Morgan fingerprint density at radius 2 is 1.88 bits per heavy atom. The quantitative estimate of drug-likeness (QED) is 0.385. The van der Waals surface area contributed by atoms with E-state index in [4.69, 9.17) is 7.48 Å². The lowest BCUT2D eigenvalue weighted by atomic mass is 10.1. The van der Waals surface area contributed by atoms with Gasteiger partial charge in [-0.2, -0.15) is 0 Å². The first-order valence-corrected chi connectivity index (χ1v) is 11.9. The minimum atomic E-state index is -2.50. The van der Waals surface area contributed by atoms with Crippen LogP contribution < -0.4 is 10.9 Å². The van der Waals surface area contributed by atoms with E-state index < -0.39 is 54.3 Å². The first-order chi connectivity index (χ1) is 19.6. The molecule has 1 atom stereocenters. The zero-order valence-corrected chi connectivity index (χ0v) is 22.3. The van der Waals surface area contributed by atoms with Gasteiger partial charge < -0.3 is 29.5 Å². The van der Waals surface area contributed by atoms with Crippen molar-refractivity contribution in [3.05, 3.63) is 76.6 Å². The molecule has 40 heavy (non-hydrogen) atoms. The number of carbonyl (C=O) groups excluding carboxylic acids is 3. The Bertz CT molecular complexity index is 1610. The largest absolute Gasteiger partial charge is 0.464 e. The molecule has 2 aromatic heterocycles. The summed E-state index contributed by atoms with van der Waals surface area (Å²) in [6.07, 6.45) is -3.71. The summed E-state index contributed by atoms with van der Waals surface area (Å²) in [5.74, 6) is -2.14. The molecule has 0 spiro atoms. The van der Waals surface area contributed by atoms with Crippen LogP contribution in [0, 0.1) is 5.82 Å². The van der Waals surface area contributed by atoms with Gasteiger partial charge in [-0.1, -0.05) is 6.08 Å². The van der Waals surface area contributed by atoms with Crippen molar-refractivity contribution in [1.82, 2.24) is 18.9 Å². The van der Waals surface area contributed by atoms with Crippen LogP contribution in [0.2, 0.25) is 0 Å². The van der Waals surface area contributed by atoms with Gasteiger partial charge in [-0.25, -0.2) is 18.5 Å². The maximum absolute atomic E-state index is 13.7. The first-order valence-electron chi connectivity index (χ1n) is 12.9. The van der Waals surface area contributed by atoms with Crippen LogP contribution in [0.3, 0.4) is 0 Å². The van der Waals surface area contributed by atoms with Gasteiger partial charge in [0.25, 0.3) is 11.5 Å². The van der Waals surface area contributed by atoms with E-state index in [-0.39, 0.29) is 23.4 Å². The van der Waals surface area contributed by atoms with Gasteiger partial charge >= 0.3 is 12.2 Å². The topological polar surface area (TPSA) is 143 Å². The lowest BCUT2D eigenvalue weighted by molar-refractivity contribution is -0.125. The molecule has 0 aliphatic carbocycles. The molecule has 0 radical (unpaired) electrons. The molecule has 1 unspecified atom stereocenters. The fraction of sp³-hybridized carbons (Fsp3) is 0.296. The van der Waals surface area contributed by atoms with Crippen LogP contribution >= 0.6 is 0 Å². The second kappa shape index (κ2) is 12.7. The summed E-state index contributed by atoms with van der Waals surface area (Å²) in [5.41, 5.74) is -0.715. The molecule has 0 fully saturated rings. The molecule has 1 aromatic carbocycles. The number of nitrogens with zero attached hydrogens (tertiary/aromatic N) is 4. The predicted molar refractivity (Wildman–Crippen MR) is 145 cm³/mol. The van der Waals surface area contributed by atoms with E-state index in [0.29, 0.717) is 5.39 Å². The van der Waals surface area contributed by atoms with Crippen LogP contribution in [0.25, 0.3) is 10.9 Å². The van der Waals surface area contributed by atoms with Crippen LogP contribution in [0.15, 0.2) is 59.5 Å². The van der Waals surface area contributed by atoms with Gasteiger partial charge in [-0.15, -0.1) is 0 Å². The average Bonchev–Trinajstić information content (AvgIpc) is 3.25. The Morgan fingerprint density at radius 3 is 2.52 bits per heavy atom. The van der Waals surface area contributed by atoms with E-state index in [1.807, 2.05) is 0 Å². The van der Waals surface area contributed by atoms with Gasteiger partial charge in [-0.3, -0.25) is 14.4 Å². The van der Waals surface area contributed by atoms with Gasteiger partial charge in [0.15, 0.2) is 6.10 Å². The van der Waals surface area contributed by atoms with Crippen molar-refractivity contribution in [3.63, 3.8) is 0 Å². The number of allylic oxidation sites excluding steroid dienone is 1. The van der Waals surface area contributed by atoms with Crippen molar-refractivity contribution in [2.75, 3.05) is 33.5 Å². The summed E-state index contributed by atoms with van der Waals surface area (Å²) >= 11 is 0. The van der Waals surface area contributed by atoms with Crippen molar-refractivity contribution >= 4 is 40.6 Å². The molecule has 2 N–H and O–H groups in total. The number of hydrogen-bond acceptors (Lipinski definition) is 6. The number of pyridine rings is 1. The third-order valence-corrected chi connectivity index (χ3v) is 5.59. The van der Waals surface area contributed by atoms with Crippen molar-refractivity contribution in [2.45, 2.75) is 25.4 Å². The minimum absolute atomic E-state index is 0.141. The monoisotopic (exact) mass is 557 g/mol. The summed E-state index contributed by atoms with van der Waals surface area (Å²) in [6.45, 7) is -0.268. The number of amides is 3. The van der Waals surface area contributed by atoms with Gasteiger partial charge in [-0.05, 0) is 55.3 Å². The number of carbonyl (C=O) groups is 4. The van der Waals surface area contributed by atoms with Crippen LogP contribution in [-0.4, -0.2) is 82.3 Å². The molecule has 3 rings (SSSR count). The highest BCUT2D eigenvalue weighted by molar-refractivity contribution is 5.95. The maximum atomic E-state index is 13.7. The summed E-state index contributed by atoms with van der Waals surface area (Å²) in [4.78, 5) is 64.8. The van der Waals surface area contributed by atoms with Gasteiger partial charge in [0.2, 0.25) is 5.91 Å². The molecular weight excluding hydrogens is 525 g/mol. The molecule has 212 valence electrons. The third kappa shape index (κ3) is 7.12. The van der Waals surface area contributed by atoms with Crippen LogP contribution in [0.1, 0.15) is 21.2 Å². The lowest BCUT2D eigenvalue weighted by Crippen LogP contribution is -2.37. The number of halogens is 1. The first kappa shape index (κ1) is 26.7. The SMILES string of the molecule is [2H]C([2H])(C/C=C/C(=O)N(C)C)C(OC(=O)N(C)C)C(=O)Nc1cccn(Cc2cc3cc(F)ccc3n2C(=O)O)c1=O. The number of benzene rings is 1. The molecular formula is C27H30FN5O7.